The number of hydrogen-bond acceptors (Lipinski definition) is 4. The summed E-state index contributed by atoms with van der Waals surface area (Å²) in [5, 5.41) is 2.23. The Bertz CT molecular complexity index is 1330. The van der Waals surface area contributed by atoms with Crippen LogP contribution in [0.5, 0.6) is 11.5 Å². The van der Waals surface area contributed by atoms with E-state index in [2.05, 4.69) is 0 Å². The molecule has 0 atom stereocenters. The van der Waals surface area contributed by atoms with Gasteiger partial charge < -0.3 is 13.9 Å². The highest BCUT2D eigenvalue weighted by molar-refractivity contribution is 6.30. The molecular weight excluding hydrogens is 447 g/mol. The molecule has 162 valence electrons. The van der Waals surface area contributed by atoms with E-state index in [1.54, 1.807) is 0 Å². The van der Waals surface area contributed by atoms with Crippen LogP contribution in [0.25, 0.3) is 11.0 Å². The Morgan fingerprint density at radius 2 is 1.34 bits per heavy atom. The molecular formula is C26H20Cl2O4. The highest BCUT2D eigenvalue weighted by Crippen LogP contribution is 2.39. The lowest BCUT2D eigenvalue weighted by atomic mass is 10.1. The smallest absolute Gasteiger partial charge is 0.339 e. The first-order valence-electron chi connectivity index (χ1n) is 10.4. The molecule has 5 rings (SSSR count). The molecule has 4 aromatic rings. The number of rotatable bonds is 6. The van der Waals surface area contributed by atoms with Crippen LogP contribution in [0.4, 0.5) is 0 Å². The Labute approximate surface area is 195 Å². The third kappa shape index (κ3) is 4.21. The summed E-state index contributed by atoms with van der Waals surface area (Å²) in [4.78, 5) is 12.6. The van der Waals surface area contributed by atoms with Crippen molar-refractivity contribution in [1.29, 1.82) is 0 Å². The van der Waals surface area contributed by atoms with Crippen molar-refractivity contribution in [1.82, 2.24) is 0 Å². The van der Waals surface area contributed by atoms with Gasteiger partial charge in [-0.05, 0) is 72.4 Å². The molecule has 0 amide bonds. The fourth-order valence-electron chi connectivity index (χ4n) is 4.03. The van der Waals surface area contributed by atoms with Gasteiger partial charge in [0.2, 0.25) is 5.75 Å². The van der Waals surface area contributed by atoms with E-state index in [1.165, 1.54) is 0 Å². The van der Waals surface area contributed by atoms with Gasteiger partial charge in [0.25, 0.3) is 0 Å². The number of fused-ring (bicyclic) bond motifs is 3. The molecule has 4 nitrogen and oxygen atoms in total. The van der Waals surface area contributed by atoms with Crippen molar-refractivity contribution in [3.8, 4) is 11.5 Å². The van der Waals surface area contributed by atoms with Gasteiger partial charge >= 0.3 is 5.63 Å². The van der Waals surface area contributed by atoms with Crippen LogP contribution in [0, 0.1) is 0 Å². The highest BCUT2D eigenvalue weighted by Gasteiger charge is 2.23. The van der Waals surface area contributed by atoms with Crippen LogP contribution in [0.2, 0.25) is 10.0 Å². The van der Waals surface area contributed by atoms with Crippen molar-refractivity contribution in [3.63, 3.8) is 0 Å². The fraction of sp³-hybridized carbons (Fsp3) is 0.192. The summed E-state index contributed by atoms with van der Waals surface area (Å²) in [6, 6.07) is 18.7. The minimum atomic E-state index is -0.295. The quantitative estimate of drug-likeness (QED) is 0.295. The first-order chi connectivity index (χ1) is 15.6. The zero-order valence-corrected chi connectivity index (χ0v) is 18.7. The maximum Gasteiger partial charge on any atom is 0.339 e. The fourth-order valence-corrected chi connectivity index (χ4v) is 4.28. The molecule has 0 N–H and O–H groups in total. The van der Waals surface area contributed by atoms with E-state index in [4.69, 9.17) is 37.1 Å². The molecule has 1 aliphatic rings. The van der Waals surface area contributed by atoms with Gasteiger partial charge in [-0.2, -0.15) is 0 Å². The molecule has 0 bridgehead atoms. The molecule has 0 fully saturated rings. The SMILES string of the molecule is O=c1oc2c(OCc3ccc(Cl)cc3)c(OCc3ccc(Cl)cc3)ccc2c2c1CCC2. The van der Waals surface area contributed by atoms with Crippen LogP contribution < -0.4 is 15.1 Å². The Balaban J connectivity index is 1.53. The van der Waals surface area contributed by atoms with Crippen molar-refractivity contribution in [3.05, 3.63) is 103 Å². The van der Waals surface area contributed by atoms with Gasteiger partial charge in [0.15, 0.2) is 11.3 Å². The van der Waals surface area contributed by atoms with Gasteiger partial charge in [-0.25, -0.2) is 4.79 Å². The monoisotopic (exact) mass is 466 g/mol. The molecule has 0 radical (unpaired) electrons. The maximum absolute atomic E-state index is 12.6. The minimum Gasteiger partial charge on any atom is -0.485 e. The first-order valence-corrected chi connectivity index (χ1v) is 11.2. The van der Waals surface area contributed by atoms with Crippen LogP contribution in [0.3, 0.4) is 0 Å². The van der Waals surface area contributed by atoms with Gasteiger partial charge in [0, 0.05) is 21.0 Å². The van der Waals surface area contributed by atoms with Crippen LogP contribution in [-0.4, -0.2) is 0 Å². The summed E-state index contributed by atoms with van der Waals surface area (Å²) < 4.78 is 18.0. The lowest BCUT2D eigenvalue weighted by Gasteiger charge is -2.16. The topological polar surface area (TPSA) is 48.7 Å². The molecule has 0 spiro atoms. The summed E-state index contributed by atoms with van der Waals surface area (Å²) in [5.74, 6) is 0.945. The van der Waals surface area contributed by atoms with E-state index >= 15 is 0 Å². The average molecular weight is 467 g/mol. The largest absolute Gasteiger partial charge is 0.485 e. The van der Waals surface area contributed by atoms with E-state index in [0.717, 1.165) is 46.9 Å². The molecule has 0 unspecified atom stereocenters. The van der Waals surface area contributed by atoms with E-state index in [1.807, 2.05) is 60.7 Å². The minimum absolute atomic E-state index is 0.286. The number of ether oxygens (including phenoxy) is 2. The second kappa shape index (κ2) is 8.89. The van der Waals surface area contributed by atoms with Gasteiger partial charge in [0.1, 0.15) is 13.2 Å². The average Bonchev–Trinajstić information content (AvgIpc) is 3.30. The van der Waals surface area contributed by atoms with Crippen LogP contribution in [0.15, 0.2) is 69.9 Å². The summed E-state index contributed by atoms with van der Waals surface area (Å²) in [7, 11) is 0. The van der Waals surface area contributed by atoms with E-state index in [0.29, 0.717) is 33.7 Å². The number of halogens is 2. The van der Waals surface area contributed by atoms with Crippen molar-refractivity contribution in [2.45, 2.75) is 32.5 Å². The molecule has 32 heavy (non-hydrogen) atoms. The second-order valence-corrected chi connectivity index (χ2v) is 8.67. The first kappa shape index (κ1) is 20.9. The lowest BCUT2D eigenvalue weighted by molar-refractivity contribution is 0.255. The second-order valence-electron chi connectivity index (χ2n) is 7.80. The van der Waals surface area contributed by atoms with E-state index < -0.39 is 0 Å². The predicted molar refractivity (Wildman–Crippen MR) is 126 cm³/mol. The Morgan fingerprint density at radius 3 is 2.00 bits per heavy atom. The van der Waals surface area contributed by atoms with Crippen molar-refractivity contribution < 1.29 is 13.9 Å². The molecule has 3 aromatic carbocycles. The molecule has 6 heteroatoms. The van der Waals surface area contributed by atoms with E-state index in [-0.39, 0.29) is 12.2 Å². The third-order valence-electron chi connectivity index (χ3n) is 5.66. The van der Waals surface area contributed by atoms with Crippen molar-refractivity contribution in [2.24, 2.45) is 0 Å². The normalized spacial score (nSPS) is 12.7. The molecule has 1 aliphatic carbocycles. The standard InChI is InChI=1S/C26H20Cl2O4/c27-18-8-4-16(5-9-18)14-30-23-13-12-21-20-2-1-3-22(20)26(29)32-24(21)25(23)31-15-17-6-10-19(28)11-7-17/h4-13H,1-3,14-15H2. The Morgan fingerprint density at radius 1 is 0.750 bits per heavy atom. The zero-order chi connectivity index (χ0) is 22.1. The lowest BCUT2D eigenvalue weighted by Crippen LogP contribution is -2.08. The molecule has 0 saturated heterocycles. The van der Waals surface area contributed by atoms with E-state index in [9.17, 15) is 4.79 Å². The van der Waals surface area contributed by atoms with Crippen LogP contribution in [-0.2, 0) is 26.1 Å². The number of hydrogen-bond donors (Lipinski definition) is 0. The van der Waals surface area contributed by atoms with Gasteiger partial charge in [-0.3, -0.25) is 0 Å². The number of aryl methyl sites for hydroxylation is 1. The molecule has 0 aliphatic heterocycles. The summed E-state index contributed by atoms with van der Waals surface area (Å²) in [5.41, 5.74) is 3.87. The number of benzene rings is 3. The Hall–Kier alpha value is -2.95. The highest BCUT2D eigenvalue weighted by atomic mass is 35.5. The summed E-state index contributed by atoms with van der Waals surface area (Å²) >= 11 is 12.0. The van der Waals surface area contributed by atoms with Crippen LogP contribution >= 0.6 is 23.2 Å². The summed E-state index contributed by atoms with van der Waals surface area (Å²) in [6.45, 7) is 0.615. The third-order valence-corrected chi connectivity index (χ3v) is 6.17. The zero-order valence-electron chi connectivity index (χ0n) is 17.2. The molecule has 1 aromatic heterocycles. The molecule has 1 heterocycles. The van der Waals surface area contributed by atoms with Crippen molar-refractivity contribution in [2.75, 3.05) is 0 Å². The summed E-state index contributed by atoms with van der Waals surface area (Å²) in [6.07, 6.45) is 2.57. The van der Waals surface area contributed by atoms with Crippen molar-refractivity contribution >= 4 is 34.2 Å². The van der Waals surface area contributed by atoms with Gasteiger partial charge in [-0.15, -0.1) is 0 Å². The van der Waals surface area contributed by atoms with Crippen LogP contribution in [0.1, 0.15) is 28.7 Å². The Kier molecular flexibility index (Phi) is 5.81. The molecule has 0 saturated carbocycles. The maximum atomic E-state index is 12.6. The van der Waals surface area contributed by atoms with Gasteiger partial charge in [-0.1, -0.05) is 47.5 Å². The predicted octanol–water partition coefficient (Wildman–Crippen LogP) is 6.75. The van der Waals surface area contributed by atoms with Gasteiger partial charge in [0.05, 0.1) is 0 Å².